The van der Waals surface area contributed by atoms with Crippen molar-refractivity contribution in [3.05, 3.63) is 211 Å². The molecule has 11 rings (SSSR count). The maximum absolute atomic E-state index is 7.95. The molecule has 3 N–H and O–H groups in total. The van der Waals surface area contributed by atoms with E-state index in [0.29, 0.717) is 11.4 Å². The number of hydrogen-bond donors (Lipinski definition) is 2. The molecule has 0 fully saturated rings. The lowest BCUT2D eigenvalue weighted by atomic mass is 10.1. The van der Waals surface area contributed by atoms with Crippen molar-refractivity contribution in [3.8, 4) is 11.4 Å². The Balaban J connectivity index is 0.000000196. The Morgan fingerprint density at radius 2 is 1.00 bits per heavy atom. The van der Waals surface area contributed by atoms with Gasteiger partial charge in [-0.1, -0.05) is 127 Å². The van der Waals surface area contributed by atoms with Crippen molar-refractivity contribution < 1.29 is 4.42 Å². The zero-order chi connectivity index (χ0) is 38.5. The molecule has 0 radical (unpaired) electrons. The standard InChI is InChI=1S/C37H24N2O.C15H14N2/c1-23-10-9-13-25(18-23)39-34-20-29-26-14-5-7-16-32(26)38(24-11-3-2-4-12-24)33(29)21-30(34)28-19-31-27-15-6-8-17-36(27)40-37(31)22-35(28)39;16-14(12-7-3-1-4-8-12)11-15(17)13-9-5-2-6-10-13/h2-22H,1H3;1-11,16H,17H2/b;15-11-,16-14?. The predicted octanol–water partition coefficient (Wildman–Crippen LogP) is 13.1. The molecule has 57 heavy (non-hydrogen) atoms. The summed E-state index contributed by atoms with van der Waals surface area (Å²) in [6.45, 7) is 2.15. The van der Waals surface area contributed by atoms with Gasteiger partial charge in [-0.05, 0) is 84.3 Å². The summed E-state index contributed by atoms with van der Waals surface area (Å²) >= 11 is 0. The summed E-state index contributed by atoms with van der Waals surface area (Å²) in [6, 6.07) is 65.0. The van der Waals surface area contributed by atoms with E-state index in [1.54, 1.807) is 6.08 Å². The summed E-state index contributed by atoms with van der Waals surface area (Å²) in [6.07, 6.45) is 1.69. The predicted molar refractivity (Wildman–Crippen MR) is 239 cm³/mol. The third kappa shape index (κ3) is 5.94. The average Bonchev–Trinajstić information content (AvgIpc) is 3.89. The number of furan rings is 1. The lowest BCUT2D eigenvalue weighted by Gasteiger charge is -2.09. The van der Waals surface area contributed by atoms with Gasteiger partial charge in [0.05, 0.1) is 27.8 Å². The van der Waals surface area contributed by atoms with Crippen molar-refractivity contribution in [2.75, 3.05) is 0 Å². The number of aryl methyl sites for hydroxylation is 1. The first-order valence-electron chi connectivity index (χ1n) is 19.1. The van der Waals surface area contributed by atoms with Gasteiger partial charge in [0.1, 0.15) is 11.2 Å². The second-order valence-corrected chi connectivity index (χ2v) is 14.5. The van der Waals surface area contributed by atoms with Crippen molar-refractivity contribution in [1.29, 1.82) is 5.41 Å². The van der Waals surface area contributed by atoms with Gasteiger partial charge < -0.3 is 24.7 Å². The summed E-state index contributed by atoms with van der Waals surface area (Å²) in [4.78, 5) is 0. The molecule has 3 heterocycles. The van der Waals surface area contributed by atoms with E-state index in [1.807, 2.05) is 66.7 Å². The molecule has 272 valence electrons. The first-order valence-corrected chi connectivity index (χ1v) is 19.1. The van der Waals surface area contributed by atoms with Gasteiger partial charge in [-0.15, -0.1) is 0 Å². The second-order valence-electron chi connectivity index (χ2n) is 14.5. The van der Waals surface area contributed by atoms with Gasteiger partial charge in [-0.2, -0.15) is 0 Å². The summed E-state index contributed by atoms with van der Waals surface area (Å²) in [5.74, 6) is 0. The molecule has 0 aliphatic carbocycles. The molecular formula is C52H38N4O. The Hall–Kier alpha value is -7.63. The smallest absolute Gasteiger partial charge is 0.137 e. The first kappa shape index (κ1) is 33.9. The Morgan fingerprint density at radius 1 is 0.456 bits per heavy atom. The number of allylic oxidation sites excluding steroid dienone is 1. The van der Waals surface area contributed by atoms with Gasteiger partial charge in [0.2, 0.25) is 0 Å². The highest BCUT2D eigenvalue weighted by atomic mass is 16.3. The SMILES string of the molecule is Cc1cccc(-n2c3cc4oc5ccccc5c4cc3c3cc4c(cc32)c2ccccc2n4-c2ccccc2)c1.N=C(/C=C(\N)c1ccccc1)c1ccccc1. The lowest BCUT2D eigenvalue weighted by molar-refractivity contribution is 0.669. The summed E-state index contributed by atoms with van der Waals surface area (Å²) in [5.41, 5.74) is 18.9. The third-order valence-electron chi connectivity index (χ3n) is 10.8. The molecule has 0 bridgehead atoms. The molecule has 0 amide bonds. The van der Waals surface area contributed by atoms with E-state index in [9.17, 15) is 0 Å². The van der Waals surface area contributed by atoms with Crippen LogP contribution in [0.25, 0.3) is 82.6 Å². The summed E-state index contributed by atoms with van der Waals surface area (Å²) in [7, 11) is 0. The molecule has 0 atom stereocenters. The number of rotatable bonds is 5. The highest BCUT2D eigenvalue weighted by Crippen LogP contribution is 2.42. The molecule has 0 aliphatic rings. The first-order chi connectivity index (χ1) is 28.0. The van der Waals surface area contributed by atoms with Gasteiger partial charge in [-0.3, -0.25) is 0 Å². The number of nitrogens with zero attached hydrogens (tertiary/aromatic N) is 2. The zero-order valence-corrected chi connectivity index (χ0v) is 31.4. The van der Waals surface area contributed by atoms with E-state index in [4.69, 9.17) is 15.6 Å². The summed E-state index contributed by atoms with van der Waals surface area (Å²) < 4.78 is 11.1. The topological polar surface area (TPSA) is 72.9 Å². The van der Waals surface area contributed by atoms with Crippen molar-refractivity contribution in [2.45, 2.75) is 6.92 Å². The van der Waals surface area contributed by atoms with Crippen LogP contribution in [-0.2, 0) is 0 Å². The third-order valence-corrected chi connectivity index (χ3v) is 10.8. The molecule has 0 saturated heterocycles. The van der Waals surface area contributed by atoms with Crippen LogP contribution in [0.3, 0.4) is 0 Å². The highest BCUT2D eigenvalue weighted by Gasteiger charge is 2.20. The molecular weight excluding hydrogens is 697 g/mol. The zero-order valence-electron chi connectivity index (χ0n) is 31.4. The van der Waals surface area contributed by atoms with E-state index >= 15 is 0 Å². The van der Waals surface area contributed by atoms with Gasteiger partial charge in [0.15, 0.2) is 0 Å². The van der Waals surface area contributed by atoms with Crippen molar-refractivity contribution >= 4 is 77.0 Å². The normalized spacial score (nSPS) is 11.8. The summed E-state index contributed by atoms with van der Waals surface area (Å²) in [5, 5.41) is 15.2. The van der Waals surface area contributed by atoms with Crippen LogP contribution in [0.2, 0.25) is 0 Å². The number of aromatic nitrogens is 2. The Bertz CT molecular complexity index is 3310. The molecule has 0 spiro atoms. The second kappa shape index (κ2) is 13.9. The van der Waals surface area contributed by atoms with Crippen LogP contribution in [0.15, 0.2) is 199 Å². The molecule has 5 nitrogen and oxygen atoms in total. The molecule has 0 unspecified atom stereocenters. The van der Waals surface area contributed by atoms with E-state index < -0.39 is 0 Å². The monoisotopic (exact) mass is 734 g/mol. The molecule has 11 aromatic rings. The molecule has 3 aromatic heterocycles. The minimum atomic E-state index is 0.423. The maximum atomic E-state index is 7.95. The van der Waals surface area contributed by atoms with Crippen molar-refractivity contribution in [2.24, 2.45) is 5.73 Å². The van der Waals surface area contributed by atoms with Gasteiger partial charge in [0.25, 0.3) is 0 Å². The van der Waals surface area contributed by atoms with E-state index in [1.165, 1.54) is 49.3 Å². The van der Waals surface area contributed by atoms with Crippen LogP contribution in [0.1, 0.15) is 16.7 Å². The van der Waals surface area contributed by atoms with Crippen LogP contribution in [-0.4, -0.2) is 14.8 Å². The van der Waals surface area contributed by atoms with Crippen LogP contribution in [0.4, 0.5) is 0 Å². The van der Waals surface area contributed by atoms with E-state index in [0.717, 1.165) is 44.3 Å². The maximum Gasteiger partial charge on any atom is 0.137 e. The Morgan fingerprint density at radius 3 is 1.72 bits per heavy atom. The Labute approximate surface area is 329 Å². The van der Waals surface area contributed by atoms with Crippen LogP contribution in [0, 0.1) is 12.3 Å². The number of nitrogens with one attached hydrogen (secondary N) is 1. The van der Waals surface area contributed by atoms with Crippen LogP contribution in [0.5, 0.6) is 0 Å². The highest BCUT2D eigenvalue weighted by molar-refractivity contribution is 6.22. The number of para-hydroxylation sites is 3. The van der Waals surface area contributed by atoms with Crippen molar-refractivity contribution in [3.63, 3.8) is 0 Å². The largest absolute Gasteiger partial charge is 0.456 e. The van der Waals surface area contributed by atoms with E-state index in [-0.39, 0.29) is 0 Å². The molecule has 5 heteroatoms. The minimum Gasteiger partial charge on any atom is -0.456 e. The van der Waals surface area contributed by atoms with Gasteiger partial charge in [-0.25, -0.2) is 0 Å². The molecule has 0 aliphatic heterocycles. The quantitative estimate of drug-likeness (QED) is 0.173. The average molecular weight is 735 g/mol. The van der Waals surface area contributed by atoms with Crippen LogP contribution < -0.4 is 5.73 Å². The number of fused-ring (bicyclic) bond motifs is 9. The van der Waals surface area contributed by atoms with E-state index in [2.05, 4.69) is 137 Å². The minimum absolute atomic E-state index is 0.423. The molecule has 0 saturated carbocycles. The van der Waals surface area contributed by atoms with Gasteiger partial charge in [0, 0.05) is 55.5 Å². The fourth-order valence-electron chi connectivity index (χ4n) is 8.17. The fourth-order valence-corrected chi connectivity index (χ4v) is 8.17. The number of benzene rings is 8. The lowest BCUT2D eigenvalue weighted by Crippen LogP contribution is -2.02. The molecule has 8 aromatic carbocycles. The fraction of sp³-hybridized carbons (Fsp3) is 0.0192. The van der Waals surface area contributed by atoms with Gasteiger partial charge >= 0.3 is 0 Å². The van der Waals surface area contributed by atoms with Crippen molar-refractivity contribution in [1.82, 2.24) is 9.13 Å². The number of hydrogen-bond acceptors (Lipinski definition) is 3. The van der Waals surface area contributed by atoms with Crippen LogP contribution >= 0.6 is 0 Å². The number of nitrogens with two attached hydrogens (primary N) is 1. The Kier molecular flexibility index (Phi) is 8.27.